The van der Waals surface area contributed by atoms with Crippen molar-refractivity contribution >= 4 is 38.5 Å². The van der Waals surface area contributed by atoms with Crippen molar-refractivity contribution in [2.24, 2.45) is 0 Å². The van der Waals surface area contributed by atoms with Crippen LogP contribution >= 0.6 is 0 Å². The maximum absolute atomic E-state index is 4.99. The second-order valence-electron chi connectivity index (χ2n) is 9.66. The van der Waals surface area contributed by atoms with Crippen LogP contribution in [0, 0.1) is 0 Å². The molecule has 7 aromatic rings. The van der Waals surface area contributed by atoms with E-state index in [-0.39, 0.29) is 0 Å². The molecule has 0 bridgehead atoms. The molecule has 0 saturated carbocycles. The highest BCUT2D eigenvalue weighted by Crippen LogP contribution is 2.50. The molecule has 0 aliphatic heterocycles. The summed E-state index contributed by atoms with van der Waals surface area (Å²) in [5.74, 6) is 0. The van der Waals surface area contributed by atoms with Gasteiger partial charge in [-0.2, -0.15) is 0 Å². The lowest BCUT2D eigenvalue weighted by atomic mass is 9.93. The van der Waals surface area contributed by atoms with Gasteiger partial charge in [-0.25, -0.2) is 9.97 Å². The molecule has 162 valence electrons. The van der Waals surface area contributed by atoms with Crippen LogP contribution in [0.25, 0.3) is 60.7 Å². The number of nitrogens with zero attached hydrogens (tertiary/aromatic N) is 4. The third kappa shape index (κ3) is 2.11. The van der Waals surface area contributed by atoms with Crippen LogP contribution in [-0.2, 0) is 12.8 Å². The van der Waals surface area contributed by atoms with Crippen LogP contribution in [0.5, 0.6) is 0 Å². The fourth-order valence-corrected chi connectivity index (χ4v) is 6.58. The smallest absolute Gasteiger partial charge is 0.178 e. The van der Waals surface area contributed by atoms with Gasteiger partial charge in [-0.05, 0) is 75.5 Å². The van der Waals surface area contributed by atoms with E-state index in [0.717, 1.165) is 45.9 Å². The topological polar surface area (TPSA) is 43.1 Å². The Labute approximate surface area is 200 Å². The summed E-state index contributed by atoms with van der Waals surface area (Å²) in [5.41, 5.74) is 15.2. The van der Waals surface area contributed by atoms with E-state index in [1.54, 1.807) is 0 Å². The lowest BCUT2D eigenvalue weighted by molar-refractivity contribution is 1.16. The third-order valence-electron chi connectivity index (χ3n) is 8.01. The number of pyridine rings is 3. The van der Waals surface area contributed by atoms with Gasteiger partial charge in [-0.1, -0.05) is 48.5 Å². The van der Waals surface area contributed by atoms with Gasteiger partial charge in [0.1, 0.15) is 5.65 Å². The summed E-state index contributed by atoms with van der Waals surface area (Å²) >= 11 is 0. The minimum absolute atomic E-state index is 0.773. The van der Waals surface area contributed by atoms with Crippen molar-refractivity contribution in [2.45, 2.75) is 12.8 Å². The number of fused-ring (bicyclic) bond motifs is 16. The molecule has 35 heavy (non-hydrogen) atoms. The Morgan fingerprint density at radius 3 is 2.54 bits per heavy atom. The maximum atomic E-state index is 4.99. The molecule has 2 aliphatic rings. The second-order valence-corrected chi connectivity index (χ2v) is 9.66. The largest absolute Gasteiger partial charge is 0.290 e. The van der Waals surface area contributed by atoms with Crippen molar-refractivity contribution < 1.29 is 0 Å². The fourth-order valence-electron chi connectivity index (χ4n) is 6.58. The van der Waals surface area contributed by atoms with Gasteiger partial charge in [0.25, 0.3) is 0 Å². The summed E-state index contributed by atoms with van der Waals surface area (Å²) in [6, 6.07) is 24.2. The van der Waals surface area contributed by atoms with Gasteiger partial charge in [0, 0.05) is 34.7 Å². The quantitative estimate of drug-likeness (QED) is 0.243. The standard InChI is InChI=1S/C31H18N4/c1-2-5-19-17(4-1)14-23-20(19)9-10-21-24(23)15-18-7-8-22-29(28(18)21)25-16-32-13-11-26(25)35-27-6-3-12-33-30(27)34-31(22)35/h1-13,16H,14-15H2. The zero-order chi connectivity index (χ0) is 22.7. The maximum Gasteiger partial charge on any atom is 0.178 e. The van der Waals surface area contributed by atoms with Crippen molar-refractivity contribution in [2.75, 3.05) is 0 Å². The van der Waals surface area contributed by atoms with Crippen LogP contribution in [0.1, 0.15) is 22.3 Å². The first-order chi connectivity index (χ1) is 17.4. The SMILES string of the molecule is c1ccc2c(c1)Cc1c-2ccc2c1Cc1ccc3c(c1-2)c1cnccc1n1c2cccnc2nc31. The van der Waals surface area contributed by atoms with E-state index in [1.165, 1.54) is 49.9 Å². The molecule has 0 atom stereocenters. The average molecular weight is 447 g/mol. The van der Waals surface area contributed by atoms with Crippen molar-refractivity contribution in [1.82, 2.24) is 19.4 Å². The zero-order valence-electron chi connectivity index (χ0n) is 18.8. The number of aromatic nitrogens is 4. The lowest BCUT2D eigenvalue weighted by Gasteiger charge is -2.13. The first-order valence-corrected chi connectivity index (χ1v) is 12.0. The monoisotopic (exact) mass is 446 g/mol. The molecule has 2 aliphatic carbocycles. The normalized spacial score (nSPS) is 13.5. The first-order valence-electron chi connectivity index (χ1n) is 12.0. The number of benzene rings is 3. The average Bonchev–Trinajstić information content (AvgIpc) is 3.59. The Bertz CT molecular complexity index is 2070. The summed E-state index contributed by atoms with van der Waals surface area (Å²) < 4.78 is 2.24. The molecule has 9 rings (SSSR count). The second kappa shape index (κ2) is 6.10. The number of hydrogen-bond acceptors (Lipinski definition) is 3. The minimum atomic E-state index is 0.773. The van der Waals surface area contributed by atoms with Crippen molar-refractivity contribution in [1.29, 1.82) is 0 Å². The molecule has 0 fully saturated rings. The van der Waals surface area contributed by atoms with Crippen LogP contribution < -0.4 is 0 Å². The van der Waals surface area contributed by atoms with Crippen molar-refractivity contribution in [3.63, 3.8) is 0 Å². The zero-order valence-corrected chi connectivity index (χ0v) is 18.8. The van der Waals surface area contributed by atoms with E-state index >= 15 is 0 Å². The highest BCUT2D eigenvalue weighted by molar-refractivity contribution is 6.20. The van der Waals surface area contributed by atoms with E-state index in [4.69, 9.17) is 4.98 Å². The van der Waals surface area contributed by atoms with Crippen molar-refractivity contribution in [3.05, 3.63) is 108 Å². The van der Waals surface area contributed by atoms with E-state index in [0.29, 0.717) is 0 Å². The Balaban J connectivity index is 1.44. The molecule has 4 aromatic heterocycles. The van der Waals surface area contributed by atoms with Crippen LogP contribution in [-0.4, -0.2) is 19.4 Å². The van der Waals surface area contributed by atoms with E-state index in [9.17, 15) is 0 Å². The molecule has 0 spiro atoms. The molecule has 3 aromatic carbocycles. The van der Waals surface area contributed by atoms with Gasteiger partial charge in [-0.3, -0.25) is 9.38 Å². The van der Waals surface area contributed by atoms with Crippen LogP contribution in [0.3, 0.4) is 0 Å². The molecule has 0 saturated heterocycles. The van der Waals surface area contributed by atoms with Gasteiger partial charge in [0.05, 0.1) is 11.0 Å². The molecule has 4 heterocycles. The Morgan fingerprint density at radius 2 is 1.54 bits per heavy atom. The third-order valence-corrected chi connectivity index (χ3v) is 8.01. The summed E-state index contributed by atoms with van der Waals surface area (Å²) in [5, 5.41) is 3.56. The predicted octanol–water partition coefficient (Wildman–Crippen LogP) is 6.73. The van der Waals surface area contributed by atoms with E-state index in [1.807, 2.05) is 24.7 Å². The number of rotatable bonds is 0. The van der Waals surface area contributed by atoms with Crippen LogP contribution in [0.15, 0.2) is 85.3 Å². The van der Waals surface area contributed by atoms with Crippen molar-refractivity contribution in [3.8, 4) is 22.3 Å². The Kier molecular flexibility index (Phi) is 3.11. The summed E-state index contributed by atoms with van der Waals surface area (Å²) in [7, 11) is 0. The van der Waals surface area contributed by atoms with Gasteiger partial charge in [0.15, 0.2) is 5.65 Å². The molecule has 0 amide bonds. The summed E-state index contributed by atoms with van der Waals surface area (Å²) in [4.78, 5) is 14.1. The van der Waals surface area contributed by atoms with Gasteiger partial charge in [-0.15, -0.1) is 0 Å². The number of imidazole rings is 1. The molecule has 0 unspecified atom stereocenters. The molecular weight excluding hydrogens is 428 g/mol. The highest BCUT2D eigenvalue weighted by atomic mass is 15.1. The van der Waals surface area contributed by atoms with E-state index < -0.39 is 0 Å². The van der Waals surface area contributed by atoms with Gasteiger partial charge >= 0.3 is 0 Å². The molecule has 0 N–H and O–H groups in total. The molecule has 0 radical (unpaired) electrons. The van der Waals surface area contributed by atoms with E-state index in [2.05, 4.69) is 75.0 Å². The van der Waals surface area contributed by atoms with Crippen LogP contribution in [0.2, 0.25) is 0 Å². The summed E-state index contributed by atoms with van der Waals surface area (Å²) in [6.07, 6.45) is 7.69. The van der Waals surface area contributed by atoms with Gasteiger partial charge < -0.3 is 0 Å². The first kappa shape index (κ1) is 17.8. The Hall–Kier alpha value is -4.57. The highest BCUT2D eigenvalue weighted by Gasteiger charge is 2.30. The van der Waals surface area contributed by atoms with Gasteiger partial charge in [0.2, 0.25) is 0 Å². The minimum Gasteiger partial charge on any atom is -0.290 e. The number of hydrogen-bond donors (Lipinski definition) is 0. The Morgan fingerprint density at radius 1 is 0.657 bits per heavy atom. The lowest BCUT2D eigenvalue weighted by Crippen LogP contribution is -1.94. The fraction of sp³-hybridized carbons (Fsp3) is 0.0645. The molecular formula is C31H18N4. The molecule has 4 heteroatoms. The van der Waals surface area contributed by atoms with Crippen LogP contribution in [0.4, 0.5) is 0 Å². The molecule has 4 nitrogen and oxygen atoms in total. The predicted molar refractivity (Wildman–Crippen MR) is 140 cm³/mol. The summed E-state index contributed by atoms with van der Waals surface area (Å²) in [6.45, 7) is 0.